The Morgan fingerprint density at radius 2 is 2.09 bits per heavy atom. The normalized spacial score (nSPS) is 17.2. The number of benzene rings is 1. The zero-order valence-corrected chi connectivity index (χ0v) is 14.9. The van der Waals surface area contributed by atoms with E-state index in [-0.39, 0.29) is 11.2 Å². The fraction of sp³-hybridized carbons (Fsp3) is 0.588. The van der Waals surface area contributed by atoms with Crippen LogP contribution in [0.1, 0.15) is 33.1 Å². The van der Waals surface area contributed by atoms with Gasteiger partial charge in [-0.15, -0.1) is 11.8 Å². The Balaban J connectivity index is 2.03. The van der Waals surface area contributed by atoms with Crippen molar-refractivity contribution in [3.05, 3.63) is 29.3 Å². The fourth-order valence-electron chi connectivity index (χ4n) is 2.85. The van der Waals surface area contributed by atoms with Crippen LogP contribution < -0.4 is 5.32 Å². The number of nitrogens with zero attached hydrogens (tertiary/aromatic N) is 1. The second-order valence-electron chi connectivity index (χ2n) is 5.70. The van der Waals surface area contributed by atoms with Crippen molar-refractivity contribution in [3.8, 4) is 0 Å². The van der Waals surface area contributed by atoms with Gasteiger partial charge in [0.1, 0.15) is 0 Å². The molecule has 2 rings (SSSR count). The van der Waals surface area contributed by atoms with Crippen LogP contribution in [0.15, 0.2) is 29.2 Å². The highest BCUT2D eigenvalue weighted by Crippen LogP contribution is 2.31. The molecule has 22 heavy (non-hydrogen) atoms. The first-order valence-electron chi connectivity index (χ1n) is 8.06. The first-order valence-corrected chi connectivity index (χ1v) is 9.31. The minimum atomic E-state index is -0.110. The van der Waals surface area contributed by atoms with Crippen molar-refractivity contribution in [2.24, 2.45) is 0 Å². The molecule has 1 heterocycles. The summed E-state index contributed by atoms with van der Waals surface area (Å²) in [7, 11) is 0. The van der Waals surface area contributed by atoms with Gasteiger partial charge in [-0.05, 0) is 51.4 Å². The van der Waals surface area contributed by atoms with E-state index in [0.717, 1.165) is 48.8 Å². The van der Waals surface area contributed by atoms with Crippen molar-refractivity contribution < 1.29 is 4.79 Å². The molecule has 0 bridgehead atoms. The molecule has 1 aromatic rings. The second kappa shape index (κ2) is 8.80. The van der Waals surface area contributed by atoms with E-state index in [4.69, 9.17) is 11.6 Å². The van der Waals surface area contributed by atoms with E-state index in [9.17, 15) is 4.79 Å². The molecule has 1 unspecified atom stereocenters. The van der Waals surface area contributed by atoms with Crippen molar-refractivity contribution in [1.82, 2.24) is 10.2 Å². The maximum Gasteiger partial charge on any atom is 0.236 e. The van der Waals surface area contributed by atoms with Crippen LogP contribution in [0.25, 0.3) is 0 Å². The van der Waals surface area contributed by atoms with Crippen LogP contribution in [0.4, 0.5) is 0 Å². The standard InChI is InChI=1S/C17H25ClN2OS/c1-3-12-20(14-8-10-19-11-9-14)17(21)13(2)22-16-7-5-4-6-15(16)18/h4-7,13-14,19H,3,8-12H2,1-2H3. The van der Waals surface area contributed by atoms with Gasteiger partial charge in [-0.1, -0.05) is 30.7 Å². The number of carbonyl (C=O) groups excluding carboxylic acids is 1. The quantitative estimate of drug-likeness (QED) is 0.799. The number of amides is 1. The highest BCUT2D eigenvalue weighted by molar-refractivity contribution is 8.00. The largest absolute Gasteiger partial charge is 0.339 e. The predicted molar refractivity (Wildman–Crippen MR) is 94.7 cm³/mol. The molecule has 0 aliphatic carbocycles. The molecule has 0 radical (unpaired) electrons. The number of nitrogens with one attached hydrogen (secondary N) is 1. The monoisotopic (exact) mass is 340 g/mol. The van der Waals surface area contributed by atoms with Gasteiger partial charge in [0.25, 0.3) is 0 Å². The number of hydrogen-bond acceptors (Lipinski definition) is 3. The van der Waals surface area contributed by atoms with Crippen molar-refractivity contribution in [2.75, 3.05) is 19.6 Å². The lowest BCUT2D eigenvalue weighted by Gasteiger charge is -2.36. The second-order valence-corrected chi connectivity index (χ2v) is 7.49. The van der Waals surface area contributed by atoms with Crippen LogP contribution in [0, 0.1) is 0 Å². The summed E-state index contributed by atoms with van der Waals surface area (Å²) in [6, 6.07) is 8.10. The van der Waals surface area contributed by atoms with E-state index in [1.165, 1.54) is 0 Å². The minimum absolute atomic E-state index is 0.110. The van der Waals surface area contributed by atoms with Gasteiger partial charge in [-0.25, -0.2) is 0 Å². The highest BCUT2D eigenvalue weighted by atomic mass is 35.5. The zero-order chi connectivity index (χ0) is 15.9. The van der Waals surface area contributed by atoms with E-state index in [0.29, 0.717) is 6.04 Å². The van der Waals surface area contributed by atoms with Gasteiger partial charge in [0.05, 0.1) is 10.3 Å². The lowest BCUT2D eigenvalue weighted by Crippen LogP contribution is -2.48. The van der Waals surface area contributed by atoms with Crippen molar-refractivity contribution in [1.29, 1.82) is 0 Å². The molecule has 1 atom stereocenters. The van der Waals surface area contributed by atoms with E-state index in [1.807, 2.05) is 31.2 Å². The topological polar surface area (TPSA) is 32.3 Å². The maximum absolute atomic E-state index is 12.9. The summed E-state index contributed by atoms with van der Waals surface area (Å²) in [4.78, 5) is 16.0. The SMILES string of the molecule is CCCN(C(=O)C(C)Sc1ccccc1Cl)C1CCNCC1. The first-order chi connectivity index (χ1) is 10.6. The van der Waals surface area contributed by atoms with Crippen LogP contribution >= 0.6 is 23.4 Å². The molecule has 122 valence electrons. The van der Waals surface area contributed by atoms with Crippen molar-refractivity contribution in [2.45, 2.75) is 49.3 Å². The third kappa shape index (κ3) is 4.64. The third-order valence-electron chi connectivity index (χ3n) is 3.99. The molecule has 1 saturated heterocycles. The van der Waals surface area contributed by atoms with E-state index < -0.39 is 0 Å². The van der Waals surface area contributed by atoms with Gasteiger partial charge in [-0.2, -0.15) is 0 Å². The summed E-state index contributed by atoms with van der Waals surface area (Å²) in [6.45, 7) is 6.97. The van der Waals surface area contributed by atoms with E-state index in [2.05, 4.69) is 17.1 Å². The van der Waals surface area contributed by atoms with Crippen LogP contribution in [0.2, 0.25) is 5.02 Å². The molecule has 1 aliphatic heterocycles. The molecule has 0 aromatic heterocycles. The molecule has 1 N–H and O–H groups in total. The fourth-order valence-corrected chi connectivity index (χ4v) is 4.07. The summed E-state index contributed by atoms with van der Waals surface area (Å²) < 4.78 is 0. The third-order valence-corrected chi connectivity index (χ3v) is 5.59. The van der Waals surface area contributed by atoms with Crippen LogP contribution in [0.5, 0.6) is 0 Å². The van der Waals surface area contributed by atoms with Gasteiger partial charge in [0, 0.05) is 17.5 Å². The van der Waals surface area contributed by atoms with Crippen LogP contribution in [-0.4, -0.2) is 41.7 Å². The number of rotatable bonds is 6. The summed E-state index contributed by atoms with van der Waals surface area (Å²) in [6.07, 6.45) is 3.10. The molecule has 0 saturated carbocycles. The molecule has 1 aliphatic rings. The molecule has 0 spiro atoms. The maximum atomic E-state index is 12.9. The molecular formula is C17H25ClN2OS. The molecule has 1 aromatic carbocycles. The van der Waals surface area contributed by atoms with Gasteiger partial charge < -0.3 is 10.2 Å². The predicted octanol–water partition coefficient (Wildman–Crippen LogP) is 3.81. The van der Waals surface area contributed by atoms with E-state index >= 15 is 0 Å². The smallest absolute Gasteiger partial charge is 0.236 e. The number of carbonyl (C=O) groups is 1. The average Bonchev–Trinajstić information content (AvgIpc) is 2.55. The summed E-state index contributed by atoms with van der Waals surface area (Å²) in [5, 5.41) is 3.98. The number of hydrogen-bond donors (Lipinski definition) is 1. The number of thioether (sulfide) groups is 1. The lowest BCUT2D eigenvalue weighted by molar-refractivity contribution is -0.133. The average molecular weight is 341 g/mol. The highest BCUT2D eigenvalue weighted by Gasteiger charge is 2.28. The van der Waals surface area contributed by atoms with Crippen LogP contribution in [0.3, 0.4) is 0 Å². The Morgan fingerprint density at radius 1 is 1.41 bits per heavy atom. The van der Waals surface area contributed by atoms with Crippen LogP contribution in [-0.2, 0) is 4.79 Å². The Bertz CT molecular complexity index is 491. The van der Waals surface area contributed by atoms with Crippen molar-refractivity contribution in [3.63, 3.8) is 0 Å². The Kier molecular flexibility index (Phi) is 7.06. The van der Waals surface area contributed by atoms with Gasteiger partial charge in [0.2, 0.25) is 5.91 Å². The lowest BCUT2D eigenvalue weighted by atomic mass is 10.0. The van der Waals surface area contributed by atoms with E-state index in [1.54, 1.807) is 11.8 Å². The minimum Gasteiger partial charge on any atom is -0.339 e. The number of halogens is 1. The Labute approximate surface area is 142 Å². The summed E-state index contributed by atoms with van der Waals surface area (Å²) in [5.41, 5.74) is 0. The molecule has 1 fully saturated rings. The zero-order valence-electron chi connectivity index (χ0n) is 13.3. The Hall–Kier alpha value is -0.710. The van der Waals surface area contributed by atoms with Crippen molar-refractivity contribution >= 4 is 29.3 Å². The summed E-state index contributed by atoms with van der Waals surface area (Å²) in [5.74, 6) is 0.235. The molecule has 5 heteroatoms. The van der Waals surface area contributed by atoms with Gasteiger partial charge in [-0.3, -0.25) is 4.79 Å². The Morgan fingerprint density at radius 3 is 2.73 bits per heavy atom. The van der Waals surface area contributed by atoms with Gasteiger partial charge in [0.15, 0.2) is 0 Å². The molecule has 1 amide bonds. The van der Waals surface area contributed by atoms with Gasteiger partial charge >= 0.3 is 0 Å². The molecule has 3 nitrogen and oxygen atoms in total. The first kappa shape index (κ1) is 17.6. The number of piperidine rings is 1. The molecular weight excluding hydrogens is 316 g/mol. The summed E-state index contributed by atoms with van der Waals surface area (Å²) >= 11 is 7.77.